The molecule has 1 saturated heterocycles. The van der Waals surface area contributed by atoms with Crippen LogP contribution >= 0.6 is 0 Å². The zero-order chi connectivity index (χ0) is 12.5. The number of hydrogen-bond donors (Lipinski definition) is 1. The van der Waals surface area contributed by atoms with Gasteiger partial charge in [0, 0.05) is 11.7 Å². The van der Waals surface area contributed by atoms with E-state index in [1.807, 2.05) is 0 Å². The van der Waals surface area contributed by atoms with Crippen molar-refractivity contribution < 1.29 is 12.8 Å². The van der Waals surface area contributed by atoms with E-state index in [1.54, 1.807) is 19.1 Å². The highest BCUT2D eigenvalue weighted by Gasteiger charge is 2.24. The number of benzene rings is 1. The Morgan fingerprint density at radius 1 is 1.41 bits per heavy atom. The zero-order valence-electron chi connectivity index (χ0n) is 9.74. The van der Waals surface area contributed by atoms with Gasteiger partial charge < -0.3 is 5.32 Å². The van der Waals surface area contributed by atoms with E-state index in [4.69, 9.17) is 0 Å². The molecule has 2 rings (SSSR count). The second-order valence-electron chi connectivity index (χ2n) is 4.56. The minimum Gasteiger partial charge on any atom is -0.381 e. The van der Waals surface area contributed by atoms with Gasteiger partial charge in [-0.2, -0.15) is 0 Å². The summed E-state index contributed by atoms with van der Waals surface area (Å²) in [4.78, 5) is 0. The molecule has 1 aromatic carbocycles. The van der Waals surface area contributed by atoms with Gasteiger partial charge in [-0.05, 0) is 43.5 Å². The molecule has 5 heteroatoms. The Labute approximate surface area is 101 Å². The fourth-order valence-corrected chi connectivity index (χ4v) is 3.74. The van der Waals surface area contributed by atoms with Crippen LogP contribution in [0.15, 0.2) is 18.2 Å². The summed E-state index contributed by atoms with van der Waals surface area (Å²) in [7, 11) is -2.91. The van der Waals surface area contributed by atoms with E-state index >= 15 is 0 Å². The van der Waals surface area contributed by atoms with E-state index in [1.165, 1.54) is 6.07 Å². The number of rotatable bonds is 2. The average Bonchev–Trinajstić information content (AvgIpc) is 2.22. The highest BCUT2D eigenvalue weighted by Crippen LogP contribution is 2.19. The molecule has 1 heterocycles. The van der Waals surface area contributed by atoms with Gasteiger partial charge in [-0.1, -0.05) is 0 Å². The lowest BCUT2D eigenvalue weighted by molar-refractivity contribution is 0.562. The maximum absolute atomic E-state index is 13.1. The minimum absolute atomic E-state index is 0.0568. The van der Waals surface area contributed by atoms with Crippen molar-refractivity contribution in [2.45, 2.75) is 25.8 Å². The first kappa shape index (κ1) is 12.4. The van der Waals surface area contributed by atoms with Crippen LogP contribution in [0.1, 0.15) is 18.4 Å². The number of halogens is 1. The Hall–Kier alpha value is -1.10. The third kappa shape index (κ3) is 3.19. The van der Waals surface area contributed by atoms with Crippen molar-refractivity contribution in [1.82, 2.24) is 0 Å². The lowest BCUT2D eigenvalue weighted by Gasteiger charge is -2.24. The topological polar surface area (TPSA) is 46.2 Å². The van der Waals surface area contributed by atoms with Crippen molar-refractivity contribution in [2.75, 3.05) is 16.8 Å². The van der Waals surface area contributed by atoms with Gasteiger partial charge in [0.2, 0.25) is 0 Å². The van der Waals surface area contributed by atoms with Crippen molar-refractivity contribution >= 4 is 15.5 Å². The summed E-state index contributed by atoms with van der Waals surface area (Å²) in [5.74, 6) is 0.212. The fourth-order valence-electron chi connectivity index (χ4n) is 2.11. The molecule has 0 amide bonds. The predicted octanol–water partition coefficient (Wildman–Crippen LogP) is 2.12. The standard InChI is InChI=1S/C12H16FNO2S/c1-9-7-10(4-5-12(9)13)14-11-3-2-6-17(15,16)8-11/h4-5,7,11,14H,2-3,6,8H2,1H3. The summed E-state index contributed by atoms with van der Waals surface area (Å²) >= 11 is 0. The molecule has 0 aliphatic carbocycles. The summed E-state index contributed by atoms with van der Waals surface area (Å²) in [6.07, 6.45) is 1.54. The largest absolute Gasteiger partial charge is 0.381 e. The van der Waals surface area contributed by atoms with Crippen molar-refractivity contribution in [3.8, 4) is 0 Å². The third-order valence-corrected chi connectivity index (χ3v) is 4.81. The fraction of sp³-hybridized carbons (Fsp3) is 0.500. The van der Waals surface area contributed by atoms with E-state index in [0.717, 1.165) is 12.1 Å². The van der Waals surface area contributed by atoms with Gasteiger partial charge in [-0.25, -0.2) is 12.8 Å². The molecule has 1 fully saturated rings. The van der Waals surface area contributed by atoms with Crippen molar-refractivity contribution in [1.29, 1.82) is 0 Å². The van der Waals surface area contributed by atoms with Gasteiger partial charge in [0.15, 0.2) is 9.84 Å². The Morgan fingerprint density at radius 3 is 2.82 bits per heavy atom. The average molecular weight is 257 g/mol. The second kappa shape index (κ2) is 4.64. The van der Waals surface area contributed by atoms with Crippen molar-refractivity contribution in [3.05, 3.63) is 29.6 Å². The van der Waals surface area contributed by atoms with Crippen LogP contribution in [0.4, 0.5) is 10.1 Å². The zero-order valence-corrected chi connectivity index (χ0v) is 10.6. The van der Waals surface area contributed by atoms with Crippen LogP contribution in [-0.4, -0.2) is 26.0 Å². The highest BCUT2D eigenvalue weighted by molar-refractivity contribution is 7.91. The molecule has 1 unspecified atom stereocenters. The van der Waals surface area contributed by atoms with Crippen LogP contribution in [0.25, 0.3) is 0 Å². The normalized spacial score (nSPS) is 23.3. The van der Waals surface area contributed by atoms with E-state index in [9.17, 15) is 12.8 Å². The number of anilines is 1. The van der Waals surface area contributed by atoms with Crippen LogP contribution in [0.5, 0.6) is 0 Å². The van der Waals surface area contributed by atoms with Crippen LogP contribution in [0, 0.1) is 12.7 Å². The molecule has 1 aliphatic heterocycles. The third-order valence-electron chi connectivity index (χ3n) is 2.99. The number of hydrogen-bond acceptors (Lipinski definition) is 3. The van der Waals surface area contributed by atoms with Gasteiger partial charge in [0.05, 0.1) is 11.5 Å². The molecule has 94 valence electrons. The number of nitrogens with one attached hydrogen (secondary N) is 1. The lowest BCUT2D eigenvalue weighted by Crippen LogP contribution is -2.34. The van der Waals surface area contributed by atoms with Crippen LogP contribution in [0.2, 0.25) is 0 Å². The quantitative estimate of drug-likeness (QED) is 0.882. The number of aryl methyl sites for hydroxylation is 1. The monoisotopic (exact) mass is 257 g/mol. The van der Waals surface area contributed by atoms with E-state index in [0.29, 0.717) is 12.0 Å². The molecule has 0 saturated carbocycles. The predicted molar refractivity (Wildman–Crippen MR) is 66.4 cm³/mol. The van der Waals surface area contributed by atoms with Gasteiger partial charge in [0.1, 0.15) is 5.82 Å². The summed E-state index contributed by atoms with van der Waals surface area (Å²) in [5, 5.41) is 3.16. The summed E-state index contributed by atoms with van der Waals surface area (Å²) in [6, 6.07) is 4.69. The van der Waals surface area contributed by atoms with Gasteiger partial charge in [-0.15, -0.1) is 0 Å². The molecular formula is C12H16FNO2S. The Morgan fingerprint density at radius 2 is 2.18 bits per heavy atom. The lowest BCUT2D eigenvalue weighted by atomic mass is 10.1. The van der Waals surface area contributed by atoms with E-state index in [2.05, 4.69) is 5.32 Å². The van der Waals surface area contributed by atoms with Crippen LogP contribution in [-0.2, 0) is 9.84 Å². The Kier molecular flexibility index (Phi) is 3.38. The van der Waals surface area contributed by atoms with Gasteiger partial charge in [0.25, 0.3) is 0 Å². The molecule has 1 aromatic rings. The molecule has 0 bridgehead atoms. The van der Waals surface area contributed by atoms with E-state index < -0.39 is 9.84 Å². The van der Waals surface area contributed by atoms with Crippen molar-refractivity contribution in [2.24, 2.45) is 0 Å². The van der Waals surface area contributed by atoms with Gasteiger partial charge in [-0.3, -0.25) is 0 Å². The van der Waals surface area contributed by atoms with E-state index in [-0.39, 0.29) is 23.4 Å². The molecule has 17 heavy (non-hydrogen) atoms. The minimum atomic E-state index is -2.91. The SMILES string of the molecule is Cc1cc(NC2CCCS(=O)(=O)C2)ccc1F. The van der Waals surface area contributed by atoms with Crippen LogP contribution in [0.3, 0.4) is 0 Å². The Balaban J connectivity index is 2.08. The molecule has 3 nitrogen and oxygen atoms in total. The summed E-state index contributed by atoms with van der Waals surface area (Å²) in [6.45, 7) is 1.69. The number of sulfone groups is 1. The first-order valence-corrected chi connectivity index (χ1v) is 7.51. The maximum Gasteiger partial charge on any atom is 0.152 e. The molecular weight excluding hydrogens is 241 g/mol. The Bertz CT molecular complexity index is 513. The van der Waals surface area contributed by atoms with Crippen molar-refractivity contribution in [3.63, 3.8) is 0 Å². The van der Waals surface area contributed by atoms with Gasteiger partial charge >= 0.3 is 0 Å². The summed E-state index contributed by atoms with van der Waals surface area (Å²) in [5.41, 5.74) is 1.35. The molecule has 1 atom stereocenters. The molecule has 0 radical (unpaired) electrons. The summed E-state index contributed by atoms with van der Waals surface area (Å²) < 4.78 is 36.0. The van der Waals surface area contributed by atoms with Crippen LogP contribution < -0.4 is 5.32 Å². The smallest absolute Gasteiger partial charge is 0.152 e. The highest BCUT2D eigenvalue weighted by atomic mass is 32.2. The maximum atomic E-state index is 13.1. The molecule has 0 spiro atoms. The first-order valence-electron chi connectivity index (χ1n) is 5.69. The molecule has 0 aromatic heterocycles. The first-order chi connectivity index (χ1) is 7.96. The second-order valence-corrected chi connectivity index (χ2v) is 6.79. The molecule has 1 N–H and O–H groups in total. The molecule has 1 aliphatic rings.